The topological polar surface area (TPSA) is 96.3 Å². The maximum Gasteiger partial charge on any atom is 0.522 e. The number of aromatic carboxylic acids is 1. The molecule has 2 N–H and O–H groups in total. The van der Waals surface area contributed by atoms with Crippen molar-refractivity contribution in [3.05, 3.63) is 23.3 Å². The Morgan fingerprint density at radius 1 is 1.21 bits per heavy atom. The van der Waals surface area contributed by atoms with E-state index in [4.69, 9.17) is 9.39 Å². The van der Waals surface area contributed by atoms with Crippen LogP contribution in [0.2, 0.25) is 6.32 Å². The number of benzene rings is 1. The van der Waals surface area contributed by atoms with Crippen molar-refractivity contribution in [1.29, 1.82) is 0 Å². The molecule has 1 aliphatic carbocycles. The van der Waals surface area contributed by atoms with Gasteiger partial charge in [0.25, 0.3) is 0 Å². The van der Waals surface area contributed by atoms with E-state index in [0.717, 1.165) is 18.4 Å². The van der Waals surface area contributed by atoms with E-state index in [1.807, 2.05) is 0 Å². The fraction of sp³-hybridized carbons (Fsp3) is 0.600. The molecule has 3 aliphatic rings. The molecule has 0 radical (unpaired) electrons. The summed E-state index contributed by atoms with van der Waals surface area (Å²) in [5.41, 5.74) is 0.705. The van der Waals surface area contributed by atoms with Gasteiger partial charge in [-0.3, -0.25) is 4.79 Å². The highest BCUT2D eigenvalue weighted by molar-refractivity contribution is 6.44. The molecule has 1 amide bonds. The first-order valence-corrected chi connectivity index (χ1v) is 10.2. The third kappa shape index (κ3) is 3.97. The highest BCUT2D eigenvalue weighted by Gasteiger charge is 2.36. The van der Waals surface area contributed by atoms with Gasteiger partial charge in [-0.25, -0.2) is 4.79 Å². The van der Waals surface area contributed by atoms with Crippen LogP contribution >= 0.6 is 0 Å². The molecule has 0 unspecified atom stereocenters. The van der Waals surface area contributed by atoms with Gasteiger partial charge in [-0.1, -0.05) is 25.3 Å². The number of hydrogen-bond acceptors (Lipinski definition) is 5. The van der Waals surface area contributed by atoms with E-state index in [-0.39, 0.29) is 29.1 Å². The molecule has 1 saturated carbocycles. The minimum atomic E-state index is -1.15. The lowest BCUT2D eigenvalue weighted by Crippen LogP contribution is -2.56. The smallest absolute Gasteiger partial charge is 0.522 e. The van der Waals surface area contributed by atoms with E-state index in [1.165, 1.54) is 19.3 Å². The van der Waals surface area contributed by atoms with Crippen LogP contribution in [0.5, 0.6) is 11.5 Å². The number of carbonyl (C=O) groups is 2. The van der Waals surface area contributed by atoms with E-state index >= 15 is 0 Å². The summed E-state index contributed by atoms with van der Waals surface area (Å²) < 4.78 is 11.3. The number of rotatable bonds is 5. The van der Waals surface area contributed by atoms with Crippen molar-refractivity contribution in [3.8, 4) is 11.5 Å². The summed E-state index contributed by atoms with van der Waals surface area (Å²) in [5, 5.41) is 19.4. The highest BCUT2D eigenvalue weighted by Crippen LogP contribution is 2.37. The zero-order chi connectivity index (χ0) is 19.7. The maximum atomic E-state index is 12.4. The molecule has 28 heavy (non-hydrogen) atoms. The molecular formula is C20H26BNO6. The molecule has 2 heterocycles. The van der Waals surface area contributed by atoms with Gasteiger partial charge in [-0.15, -0.1) is 0 Å². The van der Waals surface area contributed by atoms with E-state index in [9.17, 15) is 19.7 Å². The first-order valence-electron chi connectivity index (χ1n) is 10.2. The molecule has 8 heteroatoms. The van der Waals surface area contributed by atoms with Crippen LogP contribution < -0.4 is 9.39 Å². The number of ether oxygens (including phenoxy) is 1. The molecule has 0 aromatic heterocycles. The monoisotopic (exact) mass is 387 g/mol. The number of fused-ring (bicyclic) bond motifs is 1. The Labute approximate surface area is 164 Å². The molecule has 2 fully saturated rings. The normalized spacial score (nSPS) is 20.2. The molecule has 2 aliphatic heterocycles. The summed E-state index contributed by atoms with van der Waals surface area (Å²) in [7, 11) is -1.00. The van der Waals surface area contributed by atoms with E-state index in [1.54, 1.807) is 17.0 Å². The zero-order valence-corrected chi connectivity index (χ0v) is 15.9. The number of carboxylic acid groups (broad SMARTS) is 1. The van der Waals surface area contributed by atoms with E-state index < -0.39 is 13.1 Å². The largest absolute Gasteiger partial charge is 0.535 e. The Bertz CT molecular complexity index is 757. The van der Waals surface area contributed by atoms with Crippen molar-refractivity contribution in [2.45, 2.75) is 57.4 Å². The molecule has 4 rings (SSSR count). The number of nitrogens with zero attached hydrogens (tertiary/aromatic N) is 1. The van der Waals surface area contributed by atoms with Gasteiger partial charge >= 0.3 is 13.1 Å². The van der Waals surface area contributed by atoms with Crippen LogP contribution in [0, 0.1) is 5.92 Å². The van der Waals surface area contributed by atoms with Crippen molar-refractivity contribution in [1.82, 2.24) is 4.90 Å². The molecule has 150 valence electrons. The van der Waals surface area contributed by atoms with Crippen molar-refractivity contribution in [2.24, 2.45) is 5.92 Å². The van der Waals surface area contributed by atoms with Crippen molar-refractivity contribution in [2.75, 3.05) is 13.1 Å². The predicted molar refractivity (Wildman–Crippen MR) is 103 cm³/mol. The minimum Gasteiger partial charge on any atom is -0.535 e. The first kappa shape index (κ1) is 19.1. The summed E-state index contributed by atoms with van der Waals surface area (Å²) in [4.78, 5) is 26.0. The van der Waals surface area contributed by atoms with Crippen molar-refractivity contribution in [3.63, 3.8) is 0 Å². The standard InChI is InChI=1S/C20H26BNO6/c23-17(10-13-4-2-1-3-5-13)22-11-15(12-22)27-16-7-6-14-8-9-21(26)28-19(14)18(16)20(24)25/h6-7,13,15,26H,1-5,8-12H2,(H,24,25). The second-order valence-corrected chi connectivity index (χ2v) is 8.09. The second-order valence-electron chi connectivity index (χ2n) is 8.09. The molecule has 1 aromatic rings. The molecule has 1 saturated heterocycles. The molecule has 0 spiro atoms. The Balaban J connectivity index is 1.37. The fourth-order valence-corrected chi connectivity index (χ4v) is 4.38. The van der Waals surface area contributed by atoms with Crippen LogP contribution in [0.3, 0.4) is 0 Å². The third-order valence-corrected chi connectivity index (χ3v) is 6.01. The SMILES string of the molecule is O=C(O)c1c(OC2CN(C(=O)CC3CCCCC3)C2)ccc2c1OB(O)CC2. The van der Waals surface area contributed by atoms with Crippen LogP contribution in [0.1, 0.15) is 54.4 Å². The number of carboxylic acids is 1. The van der Waals surface area contributed by atoms with E-state index in [2.05, 4.69) is 0 Å². The number of aryl methyl sites for hydroxylation is 1. The fourth-order valence-electron chi connectivity index (χ4n) is 4.38. The van der Waals surface area contributed by atoms with Crippen LogP contribution in [0.4, 0.5) is 0 Å². The Morgan fingerprint density at radius 2 is 1.96 bits per heavy atom. The Morgan fingerprint density at radius 3 is 2.68 bits per heavy atom. The van der Waals surface area contributed by atoms with Crippen LogP contribution in [0.25, 0.3) is 0 Å². The Kier molecular flexibility index (Phi) is 5.48. The lowest BCUT2D eigenvalue weighted by molar-refractivity contribution is -0.141. The van der Waals surface area contributed by atoms with Gasteiger partial charge in [0.15, 0.2) is 0 Å². The highest BCUT2D eigenvalue weighted by atomic mass is 16.5. The van der Waals surface area contributed by atoms with Gasteiger partial charge in [0.1, 0.15) is 23.2 Å². The number of amides is 1. The predicted octanol–water partition coefficient (Wildman–Crippen LogP) is 2.36. The summed E-state index contributed by atoms with van der Waals surface area (Å²) >= 11 is 0. The van der Waals surface area contributed by atoms with Crippen LogP contribution in [-0.2, 0) is 11.2 Å². The molecular weight excluding hydrogens is 361 g/mol. The molecule has 0 bridgehead atoms. The van der Waals surface area contributed by atoms with E-state index in [0.29, 0.717) is 38.2 Å². The lowest BCUT2D eigenvalue weighted by atomic mass is 9.78. The first-order chi connectivity index (χ1) is 13.5. The quantitative estimate of drug-likeness (QED) is 0.753. The lowest BCUT2D eigenvalue weighted by Gasteiger charge is -2.40. The second kappa shape index (κ2) is 8.03. The van der Waals surface area contributed by atoms with Crippen LogP contribution in [0.15, 0.2) is 12.1 Å². The molecule has 1 aromatic carbocycles. The Hall–Kier alpha value is -2.22. The van der Waals surface area contributed by atoms with Crippen molar-refractivity contribution >= 4 is 19.0 Å². The third-order valence-electron chi connectivity index (χ3n) is 6.01. The van der Waals surface area contributed by atoms with Gasteiger partial charge < -0.3 is 24.4 Å². The minimum absolute atomic E-state index is 0.0526. The van der Waals surface area contributed by atoms with Gasteiger partial charge in [0, 0.05) is 6.42 Å². The van der Waals surface area contributed by atoms with Gasteiger partial charge in [-0.05, 0) is 43.1 Å². The molecule has 7 nitrogen and oxygen atoms in total. The summed E-state index contributed by atoms with van der Waals surface area (Å²) in [6.45, 7) is 0.955. The number of carbonyl (C=O) groups excluding carboxylic acids is 1. The van der Waals surface area contributed by atoms with Crippen LogP contribution in [-0.4, -0.2) is 53.2 Å². The summed E-state index contributed by atoms with van der Waals surface area (Å²) in [6.07, 6.45) is 7.38. The van der Waals surface area contributed by atoms with Gasteiger partial charge in [0.05, 0.1) is 13.1 Å². The van der Waals surface area contributed by atoms with Gasteiger partial charge in [0.2, 0.25) is 5.91 Å². The van der Waals surface area contributed by atoms with Gasteiger partial charge in [-0.2, -0.15) is 0 Å². The summed E-state index contributed by atoms with van der Waals surface area (Å²) in [6, 6.07) is 3.43. The zero-order valence-electron chi connectivity index (χ0n) is 15.9. The van der Waals surface area contributed by atoms with Crippen molar-refractivity contribution < 1.29 is 29.1 Å². The number of hydrogen-bond donors (Lipinski definition) is 2. The summed E-state index contributed by atoms with van der Waals surface area (Å²) in [5.74, 6) is -0.0605. The molecule has 0 atom stereocenters. The average molecular weight is 387 g/mol. The average Bonchev–Trinajstić information content (AvgIpc) is 2.64. The number of likely N-dealkylation sites (tertiary alicyclic amines) is 1. The maximum absolute atomic E-state index is 12.4.